The summed E-state index contributed by atoms with van der Waals surface area (Å²) in [5, 5.41) is 8.44. The van der Waals surface area contributed by atoms with E-state index in [9.17, 15) is 19.2 Å². The molecule has 1 aliphatic carbocycles. The highest BCUT2D eigenvalue weighted by atomic mass is 16.5. The number of hydrogen-bond donors (Lipinski definition) is 3. The Balaban J connectivity index is 1.42. The molecule has 226 valence electrons. The zero-order valence-corrected chi connectivity index (χ0v) is 25.0. The van der Waals surface area contributed by atoms with Crippen molar-refractivity contribution in [3.8, 4) is 0 Å². The van der Waals surface area contributed by atoms with E-state index in [0.717, 1.165) is 18.4 Å². The number of hydrogen-bond acceptors (Lipinski definition) is 5. The predicted molar refractivity (Wildman–Crippen MR) is 167 cm³/mol. The summed E-state index contributed by atoms with van der Waals surface area (Å²) in [5.74, 6) is -1.39. The highest BCUT2D eigenvalue weighted by molar-refractivity contribution is 6.11. The number of carbonyl (C=O) groups excluding carboxylic acids is 4. The van der Waals surface area contributed by atoms with Crippen molar-refractivity contribution in [2.45, 2.75) is 63.7 Å². The molecule has 3 aromatic carbocycles. The number of nitrogens with one attached hydrogen (secondary N) is 3. The zero-order valence-electron chi connectivity index (χ0n) is 25.0. The Kier molecular flexibility index (Phi) is 11.1. The molecule has 1 saturated carbocycles. The topological polar surface area (TPSA) is 114 Å². The van der Waals surface area contributed by atoms with Crippen LogP contribution in [0.4, 0.5) is 5.69 Å². The number of benzene rings is 3. The van der Waals surface area contributed by atoms with E-state index in [-0.39, 0.29) is 12.3 Å². The molecule has 4 rings (SSSR count). The van der Waals surface area contributed by atoms with Crippen molar-refractivity contribution in [1.82, 2.24) is 10.6 Å². The first kappa shape index (κ1) is 31.5. The molecule has 0 heterocycles. The van der Waals surface area contributed by atoms with Crippen molar-refractivity contribution in [2.24, 2.45) is 0 Å². The lowest BCUT2D eigenvalue weighted by Crippen LogP contribution is -2.57. The smallest absolute Gasteiger partial charge is 0.310 e. The highest BCUT2D eigenvalue weighted by Crippen LogP contribution is 2.34. The fourth-order valence-electron chi connectivity index (χ4n) is 5.71. The van der Waals surface area contributed by atoms with Gasteiger partial charge in [0.2, 0.25) is 11.8 Å². The Morgan fingerprint density at radius 1 is 0.767 bits per heavy atom. The van der Waals surface area contributed by atoms with Crippen molar-refractivity contribution in [1.29, 1.82) is 0 Å². The van der Waals surface area contributed by atoms with Crippen LogP contribution >= 0.6 is 0 Å². The van der Waals surface area contributed by atoms with Gasteiger partial charge in [-0.1, -0.05) is 79.9 Å². The Labute approximate surface area is 253 Å². The average Bonchev–Trinajstić information content (AvgIpc) is 3.03. The van der Waals surface area contributed by atoms with E-state index >= 15 is 0 Å². The summed E-state index contributed by atoms with van der Waals surface area (Å²) in [6.45, 7) is 3.71. The minimum absolute atomic E-state index is 0.0611. The second-order valence-electron chi connectivity index (χ2n) is 10.9. The van der Waals surface area contributed by atoms with Gasteiger partial charge in [0.1, 0.15) is 6.61 Å². The molecule has 3 amide bonds. The first-order chi connectivity index (χ1) is 20.9. The van der Waals surface area contributed by atoms with Gasteiger partial charge in [-0.3, -0.25) is 19.2 Å². The summed E-state index contributed by atoms with van der Waals surface area (Å²) in [4.78, 5) is 52.7. The zero-order chi connectivity index (χ0) is 30.7. The van der Waals surface area contributed by atoms with Gasteiger partial charge in [-0.15, -0.1) is 0 Å². The van der Waals surface area contributed by atoms with Crippen LogP contribution in [0.2, 0.25) is 0 Å². The van der Waals surface area contributed by atoms with Crippen LogP contribution in [-0.4, -0.2) is 43.4 Å². The Morgan fingerprint density at radius 2 is 1.37 bits per heavy atom. The van der Waals surface area contributed by atoms with E-state index in [4.69, 9.17) is 4.74 Å². The van der Waals surface area contributed by atoms with Crippen molar-refractivity contribution in [2.75, 3.05) is 25.0 Å². The SMILES string of the molecule is CCNC(=O)C(COC(=O)Cc1ccc(NC(=O)c2ccccc2C2CCCCC2)cc1)(C(=O)NCC)c1ccccc1. The molecule has 0 spiro atoms. The van der Waals surface area contributed by atoms with Gasteiger partial charge in [-0.2, -0.15) is 0 Å². The van der Waals surface area contributed by atoms with Crippen LogP contribution in [0, 0.1) is 0 Å². The first-order valence-electron chi connectivity index (χ1n) is 15.2. The fraction of sp³-hybridized carbons (Fsp3) is 0.371. The molecule has 0 radical (unpaired) electrons. The number of likely N-dealkylation sites (N-methyl/N-ethyl adjacent to an activating group) is 2. The van der Waals surface area contributed by atoms with Crippen LogP contribution in [0.25, 0.3) is 0 Å². The molecule has 3 aromatic rings. The van der Waals surface area contributed by atoms with Crippen LogP contribution in [0.1, 0.15) is 78.9 Å². The largest absolute Gasteiger partial charge is 0.463 e. The molecule has 0 aliphatic heterocycles. The second kappa shape index (κ2) is 15.1. The molecule has 0 atom stereocenters. The van der Waals surface area contributed by atoms with Crippen LogP contribution in [0.5, 0.6) is 0 Å². The molecule has 0 bridgehead atoms. The van der Waals surface area contributed by atoms with Gasteiger partial charge in [0.05, 0.1) is 6.42 Å². The molecule has 0 unspecified atom stereocenters. The molecule has 0 aromatic heterocycles. The standard InChI is InChI=1S/C35H41N3O5/c1-3-36-33(41)35(34(42)37-4-2,27-15-9-6-10-16-27)24-43-31(39)23-25-19-21-28(22-20-25)38-32(40)30-18-12-11-17-29(30)26-13-7-5-8-14-26/h6,9-12,15-22,26H,3-5,7-8,13-14,23-24H2,1-2H3,(H,36,41)(H,37,42)(H,38,40). The number of anilines is 1. The summed E-state index contributed by atoms with van der Waals surface area (Å²) >= 11 is 0. The monoisotopic (exact) mass is 583 g/mol. The van der Waals surface area contributed by atoms with Gasteiger partial charge in [-0.25, -0.2) is 0 Å². The number of ether oxygens (including phenoxy) is 1. The molecule has 1 aliphatic rings. The van der Waals surface area contributed by atoms with Gasteiger partial charge in [0, 0.05) is 24.3 Å². The van der Waals surface area contributed by atoms with E-state index in [1.807, 2.05) is 18.2 Å². The molecule has 1 fully saturated rings. The maximum atomic E-state index is 13.3. The lowest BCUT2D eigenvalue weighted by Gasteiger charge is -2.31. The van der Waals surface area contributed by atoms with Crippen LogP contribution in [-0.2, 0) is 31.0 Å². The van der Waals surface area contributed by atoms with Crippen molar-refractivity contribution < 1.29 is 23.9 Å². The average molecular weight is 584 g/mol. The molecular formula is C35H41N3O5. The Morgan fingerprint density at radius 3 is 2.00 bits per heavy atom. The van der Waals surface area contributed by atoms with Gasteiger partial charge in [0.25, 0.3) is 5.91 Å². The summed E-state index contributed by atoms with van der Waals surface area (Å²) in [6, 6.07) is 23.4. The molecule has 43 heavy (non-hydrogen) atoms. The number of esters is 1. The normalized spacial score (nSPS) is 13.5. The maximum Gasteiger partial charge on any atom is 0.310 e. The summed E-state index contributed by atoms with van der Waals surface area (Å²) < 4.78 is 5.59. The fourth-order valence-corrected chi connectivity index (χ4v) is 5.71. The number of rotatable bonds is 12. The van der Waals surface area contributed by atoms with E-state index in [2.05, 4.69) is 22.0 Å². The third-order valence-electron chi connectivity index (χ3n) is 7.98. The van der Waals surface area contributed by atoms with E-state index in [1.54, 1.807) is 68.4 Å². The predicted octanol–water partition coefficient (Wildman–Crippen LogP) is 5.28. The maximum absolute atomic E-state index is 13.3. The molecule has 8 nitrogen and oxygen atoms in total. The third kappa shape index (κ3) is 7.69. The minimum atomic E-state index is -1.73. The van der Waals surface area contributed by atoms with Gasteiger partial charge in [-0.05, 0) is 67.5 Å². The van der Waals surface area contributed by atoms with E-state index in [0.29, 0.717) is 41.4 Å². The van der Waals surface area contributed by atoms with Crippen molar-refractivity contribution in [3.05, 3.63) is 101 Å². The quantitative estimate of drug-likeness (QED) is 0.198. The van der Waals surface area contributed by atoms with Gasteiger partial charge < -0.3 is 20.7 Å². The second-order valence-corrected chi connectivity index (χ2v) is 10.9. The first-order valence-corrected chi connectivity index (χ1v) is 15.2. The third-order valence-corrected chi connectivity index (χ3v) is 7.98. The van der Waals surface area contributed by atoms with Crippen LogP contribution < -0.4 is 16.0 Å². The summed E-state index contributed by atoms with van der Waals surface area (Å²) in [5.41, 5.74) is 1.80. The van der Waals surface area contributed by atoms with Gasteiger partial charge in [0.15, 0.2) is 5.41 Å². The lowest BCUT2D eigenvalue weighted by atomic mass is 9.79. The van der Waals surface area contributed by atoms with Crippen LogP contribution in [0.3, 0.4) is 0 Å². The van der Waals surface area contributed by atoms with Gasteiger partial charge >= 0.3 is 5.97 Å². The van der Waals surface area contributed by atoms with E-state index < -0.39 is 29.8 Å². The molecular weight excluding hydrogens is 542 g/mol. The van der Waals surface area contributed by atoms with E-state index in [1.165, 1.54) is 19.3 Å². The number of amides is 3. The minimum Gasteiger partial charge on any atom is -0.463 e. The lowest BCUT2D eigenvalue weighted by molar-refractivity contribution is -0.150. The number of carbonyl (C=O) groups is 4. The van der Waals surface area contributed by atoms with Crippen molar-refractivity contribution in [3.63, 3.8) is 0 Å². The van der Waals surface area contributed by atoms with Crippen LogP contribution in [0.15, 0.2) is 78.9 Å². The summed E-state index contributed by atoms with van der Waals surface area (Å²) in [6.07, 6.45) is 5.78. The molecule has 0 saturated heterocycles. The Bertz CT molecular complexity index is 1380. The molecule has 3 N–H and O–H groups in total. The molecule has 8 heteroatoms. The Hall–Kier alpha value is -4.46. The summed E-state index contributed by atoms with van der Waals surface area (Å²) in [7, 11) is 0. The highest BCUT2D eigenvalue weighted by Gasteiger charge is 2.48. The van der Waals surface area contributed by atoms with Crippen molar-refractivity contribution >= 4 is 29.4 Å².